The normalized spacial score (nSPS) is 15.2. The number of carbonyl (C=O) groups is 2. The van der Waals surface area contributed by atoms with Gasteiger partial charge in [-0.3, -0.25) is 9.59 Å². The highest BCUT2D eigenvalue weighted by Gasteiger charge is 2.38. The highest BCUT2D eigenvalue weighted by atomic mass is 19.4. The molecule has 37 heavy (non-hydrogen) atoms. The Morgan fingerprint density at radius 2 is 1.54 bits per heavy atom. The zero-order valence-electron chi connectivity index (χ0n) is 20.0. The molecule has 190 valence electrons. The van der Waals surface area contributed by atoms with Crippen LogP contribution in [0.15, 0.2) is 84.1 Å². The zero-order chi connectivity index (χ0) is 26.0. The predicted molar refractivity (Wildman–Crippen MR) is 133 cm³/mol. The van der Waals surface area contributed by atoms with E-state index in [4.69, 9.17) is 0 Å². The summed E-state index contributed by atoms with van der Waals surface area (Å²) in [7, 11) is 0. The SMILES string of the molecule is O=C(NCCc1ccccc1)c1ccc(N2CC3=C(CN(C(=O)c4ccccc4C(F)(F)F)C3)C2)nc1. The van der Waals surface area contributed by atoms with Crippen molar-refractivity contribution in [2.75, 3.05) is 37.6 Å². The minimum atomic E-state index is -4.59. The summed E-state index contributed by atoms with van der Waals surface area (Å²) in [6.07, 6.45) is -2.31. The molecule has 0 fully saturated rings. The highest BCUT2D eigenvalue weighted by Crippen LogP contribution is 2.34. The fraction of sp³-hybridized carbons (Fsp3) is 0.250. The lowest BCUT2D eigenvalue weighted by molar-refractivity contribution is -0.138. The monoisotopic (exact) mass is 506 g/mol. The fourth-order valence-corrected chi connectivity index (χ4v) is 4.75. The number of rotatable bonds is 6. The summed E-state index contributed by atoms with van der Waals surface area (Å²) in [6.45, 7) is 2.18. The summed E-state index contributed by atoms with van der Waals surface area (Å²) in [5.41, 5.74) is 2.41. The van der Waals surface area contributed by atoms with Crippen molar-refractivity contribution < 1.29 is 22.8 Å². The molecule has 0 bridgehead atoms. The number of alkyl halides is 3. The van der Waals surface area contributed by atoms with Crippen molar-refractivity contribution in [3.05, 3.63) is 106 Å². The van der Waals surface area contributed by atoms with E-state index < -0.39 is 17.6 Å². The fourth-order valence-electron chi connectivity index (χ4n) is 4.75. The summed E-state index contributed by atoms with van der Waals surface area (Å²) in [4.78, 5) is 33.3. The van der Waals surface area contributed by atoms with Crippen LogP contribution >= 0.6 is 0 Å². The first-order chi connectivity index (χ1) is 17.8. The second-order valence-electron chi connectivity index (χ2n) is 9.16. The quantitative estimate of drug-likeness (QED) is 0.505. The van der Waals surface area contributed by atoms with Crippen LogP contribution in [0.5, 0.6) is 0 Å². The van der Waals surface area contributed by atoms with Crippen molar-refractivity contribution in [1.82, 2.24) is 15.2 Å². The molecule has 0 radical (unpaired) electrons. The van der Waals surface area contributed by atoms with E-state index in [0.717, 1.165) is 29.2 Å². The number of halogens is 3. The molecule has 1 N–H and O–H groups in total. The van der Waals surface area contributed by atoms with Gasteiger partial charge in [-0.1, -0.05) is 42.5 Å². The molecule has 2 aliphatic rings. The van der Waals surface area contributed by atoms with E-state index >= 15 is 0 Å². The van der Waals surface area contributed by atoms with Crippen LogP contribution in [-0.2, 0) is 12.6 Å². The first-order valence-electron chi connectivity index (χ1n) is 12.0. The van der Waals surface area contributed by atoms with E-state index in [1.807, 2.05) is 35.2 Å². The largest absolute Gasteiger partial charge is 0.417 e. The third-order valence-corrected chi connectivity index (χ3v) is 6.65. The number of carbonyl (C=O) groups excluding carboxylic acids is 2. The molecule has 1 aromatic heterocycles. The van der Waals surface area contributed by atoms with Crippen LogP contribution in [0.25, 0.3) is 0 Å². The van der Waals surface area contributed by atoms with Gasteiger partial charge < -0.3 is 15.1 Å². The number of nitrogens with one attached hydrogen (secondary N) is 1. The Hall–Kier alpha value is -4.14. The first-order valence-corrected chi connectivity index (χ1v) is 12.0. The van der Waals surface area contributed by atoms with Gasteiger partial charge in [-0.05, 0) is 47.4 Å². The molecule has 9 heteroatoms. The second kappa shape index (κ2) is 10.1. The van der Waals surface area contributed by atoms with Crippen LogP contribution in [0.1, 0.15) is 31.8 Å². The molecule has 0 atom stereocenters. The molecule has 2 aliphatic heterocycles. The molecule has 0 unspecified atom stereocenters. The Morgan fingerprint density at radius 3 is 2.19 bits per heavy atom. The van der Waals surface area contributed by atoms with Crippen LogP contribution in [-0.4, -0.2) is 54.4 Å². The second-order valence-corrected chi connectivity index (χ2v) is 9.16. The number of hydrogen-bond acceptors (Lipinski definition) is 4. The van der Waals surface area contributed by atoms with Gasteiger partial charge in [0.25, 0.3) is 11.8 Å². The van der Waals surface area contributed by atoms with Crippen molar-refractivity contribution >= 4 is 17.6 Å². The molecule has 2 amide bonds. The molecule has 0 saturated heterocycles. The Labute approximate surface area is 212 Å². The van der Waals surface area contributed by atoms with Crippen LogP contribution < -0.4 is 10.2 Å². The Balaban J connectivity index is 1.15. The number of pyridine rings is 1. The number of hydrogen-bond donors (Lipinski definition) is 1. The van der Waals surface area contributed by atoms with Crippen molar-refractivity contribution in [3.8, 4) is 0 Å². The van der Waals surface area contributed by atoms with Crippen molar-refractivity contribution in [2.45, 2.75) is 12.6 Å². The van der Waals surface area contributed by atoms with Gasteiger partial charge in [0, 0.05) is 38.9 Å². The molecule has 0 spiro atoms. The Bertz CT molecular complexity index is 1320. The maximum Gasteiger partial charge on any atom is 0.417 e. The van der Waals surface area contributed by atoms with Gasteiger partial charge in [-0.25, -0.2) is 4.98 Å². The van der Waals surface area contributed by atoms with E-state index in [2.05, 4.69) is 10.3 Å². The number of aromatic nitrogens is 1. The lowest BCUT2D eigenvalue weighted by Gasteiger charge is -2.24. The molecule has 3 heterocycles. The van der Waals surface area contributed by atoms with Gasteiger partial charge >= 0.3 is 6.18 Å². The smallest absolute Gasteiger partial charge is 0.352 e. The van der Waals surface area contributed by atoms with E-state index in [-0.39, 0.29) is 11.5 Å². The number of anilines is 1. The van der Waals surface area contributed by atoms with Gasteiger partial charge in [0.05, 0.1) is 16.7 Å². The number of benzene rings is 2. The van der Waals surface area contributed by atoms with E-state index in [0.29, 0.717) is 44.1 Å². The lowest BCUT2D eigenvalue weighted by Crippen LogP contribution is -2.35. The van der Waals surface area contributed by atoms with E-state index in [9.17, 15) is 22.8 Å². The average molecular weight is 507 g/mol. The van der Waals surface area contributed by atoms with Crippen LogP contribution in [0.2, 0.25) is 0 Å². The minimum absolute atomic E-state index is 0.190. The maximum absolute atomic E-state index is 13.4. The standard InChI is InChI=1S/C28H25F3N4O2/c29-28(30,31)24-9-5-4-8-23(24)27(37)35-17-21-15-34(16-22(21)18-35)25-11-10-20(14-33-25)26(36)32-13-12-19-6-2-1-3-7-19/h1-11,14H,12-13,15-18H2,(H,32,36). The van der Waals surface area contributed by atoms with Gasteiger partial charge in [-0.15, -0.1) is 0 Å². The van der Waals surface area contributed by atoms with Crippen molar-refractivity contribution in [2.24, 2.45) is 0 Å². The highest BCUT2D eigenvalue weighted by molar-refractivity contribution is 5.96. The summed E-state index contributed by atoms with van der Waals surface area (Å²) in [6, 6.07) is 18.3. The lowest BCUT2D eigenvalue weighted by atomic mass is 10.1. The van der Waals surface area contributed by atoms with Crippen LogP contribution in [0.4, 0.5) is 19.0 Å². The van der Waals surface area contributed by atoms with E-state index in [1.54, 1.807) is 18.3 Å². The number of nitrogens with zero attached hydrogens (tertiary/aromatic N) is 3. The van der Waals surface area contributed by atoms with Gasteiger partial charge in [0.15, 0.2) is 0 Å². The van der Waals surface area contributed by atoms with Crippen LogP contribution in [0.3, 0.4) is 0 Å². The van der Waals surface area contributed by atoms with Crippen molar-refractivity contribution in [1.29, 1.82) is 0 Å². The third kappa shape index (κ3) is 5.35. The van der Waals surface area contributed by atoms with Gasteiger partial charge in [0.2, 0.25) is 0 Å². The van der Waals surface area contributed by atoms with Gasteiger partial charge in [-0.2, -0.15) is 13.2 Å². The molecule has 0 aliphatic carbocycles. The number of amides is 2. The summed E-state index contributed by atoms with van der Waals surface area (Å²) in [5, 5.41) is 2.90. The molecule has 3 aromatic rings. The average Bonchev–Trinajstić information content (AvgIpc) is 3.48. The first kappa shape index (κ1) is 24.5. The molecule has 5 rings (SSSR count). The molecule has 2 aromatic carbocycles. The maximum atomic E-state index is 13.4. The summed E-state index contributed by atoms with van der Waals surface area (Å²) >= 11 is 0. The van der Waals surface area contributed by atoms with Gasteiger partial charge in [0.1, 0.15) is 5.82 Å². The zero-order valence-corrected chi connectivity index (χ0v) is 20.0. The van der Waals surface area contributed by atoms with E-state index in [1.165, 1.54) is 23.1 Å². The van der Waals surface area contributed by atoms with Crippen molar-refractivity contribution in [3.63, 3.8) is 0 Å². The molecular formula is C28H25F3N4O2. The summed E-state index contributed by atoms with van der Waals surface area (Å²) in [5.74, 6) is -0.101. The third-order valence-electron chi connectivity index (χ3n) is 6.65. The molecule has 0 saturated carbocycles. The summed E-state index contributed by atoms with van der Waals surface area (Å²) < 4.78 is 40.1. The Kier molecular flexibility index (Phi) is 6.69. The molecular weight excluding hydrogens is 481 g/mol. The topological polar surface area (TPSA) is 65.5 Å². The minimum Gasteiger partial charge on any atom is -0.352 e. The predicted octanol–water partition coefficient (Wildman–Crippen LogP) is 4.35. The Morgan fingerprint density at radius 1 is 0.865 bits per heavy atom. The molecule has 6 nitrogen and oxygen atoms in total. The van der Waals surface area contributed by atoms with Crippen LogP contribution in [0, 0.1) is 0 Å².